The van der Waals surface area contributed by atoms with Gasteiger partial charge in [0.2, 0.25) is 0 Å². The number of ether oxygens (including phenoxy) is 2. The molecule has 4 heterocycles. The first-order chi connectivity index (χ1) is 20.7. The van der Waals surface area contributed by atoms with Crippen LogP contribution in [-0.2, 0) is 35.4 Å². The quantitative estimate of drug-likeness (QED) is 0.264. The number of allylic oxidation sites excluding steroid dienone is 4. The van der Waals surface area contributed by atoms with Crippen molar-refractivity contribution in [2.45, 2.75) is 84.8 Å². The molecule has 0 saturated carbocycles. The molecule has 6 heteroatoms. The predicted molar refractivity (Wildman–Crippen MR) is 168 cm³/mol. The van der Waals surface area contributed by atoms with E-state index < -0.39 is 0 Å². The van der Waals surface area contributed by atoms with E-state index in [1.165, 1.54) is 34.4 Å². The zero-order chi connectivity index (χ0) is 28.9. The Labute approximate surface area is 250 Å². The van der Waals surface area contributed by atoms with E-state index >= 15 is 0 Å². The van der Waals surface area contributed by atoms with Gasteiger partial charge < -0.3 is 14.0 Å². The van der Waals surface area contributed by atoms with Gasteiger partial charge in [-0.1, -0.05) is 56.7 Å². The smallest absolute Gasteiger partial charge is 0.165 e. The maximum atomic E-state index is 6.56. The van der Waals surface area contributed by atoms with Gasteiger partial charge in [0.1, 0.15) is 18.3 Å². The normalized spacial score (nSPS) is 19.0. The number of aryl methyl sites for hydroxylation is 2. The Balaban J connectivity index is 1.39. The summed E-state index contributed by atoms with van der Waals surface area (Å²) in [6.07, 6.45) is 21.1. The van der Waals surface area contributed by atoms with E-state index in [0.717, 1.165) is 86.8 Å². The van der Waals surface area contributed by atoms with Gasteiger partial charge in [0.05, 0.1) is 17.4 Å². The second-order valence-corrected chi connectivity index (χ2v) is 11.3. The minimum atomic E-state index is 0.140. The van der Waals surface area contributed by atoms with Crippen molar-refractivity contribution in [3.8, 4) is 22.6 Å². The lowest BCUT2D eigenvalue weighted by atomic mass is 9.97. The first kappa shape index (κ1) is 28.2. The number of aromatic nitrogens is 3. The van der Waals surface area contributed by atoms with Crippen LogP contribution in [0.1, 0.15) is 69.7 Å². The SMILES string of the molecule is CCc1cccc(CC)c1-c1nc(-c2cccnc2)c(CN2CCCCC2C2=COC=C(C3=CC=CCC3)O2)n1CC. The van der Waals surface area contributed by atoms with Crippen LogP contribution in [-0.4, -0.2) is 32.0 Å². The van der Waals surface area contributed by atoms with Crippen molar-refractivity contribution < 1.29 is 9.47 Å². The lowest BCUT2D eigenvalue weighted by Gasteiger charge is -2.37. The lowest BCUT2D eigenvalue weighted by Crippen LogP contribution is -2.41. The summed E-state index contributed by atoms with van der Waals surface area (Å²) in [5.41, 5.74) is 8.48. The van der Waals surface area contributed by atoms with Gasteiger partial charge in [-0.15, -0.1) is 0 Å². The third-order valence-corrected chi connectivity index (χ3v) is 8.76. The number of hydrogen-bond donors (Lipinski definition) is 0. The average Bonchev–Trinajstić information content (AvgIpc) is 3.42. The topological polar surface area (TPSA) is 52.4 Å². The van der Waals surface area contributed by atoms with Crippen LogP contribution in [0.3, 0.4) is 0 Å². The first-order valence-electron chi connectivity index (χ1n) is 15.7. The second kappa shape index (κ2) is 13.0. The number of hydrogen-bond acceptors (Lipinski definition) is 5. The molecule has 1 unspecified atom stereocenters. The molecule has 0 spiro atoms. The molecule has 0 amide bonds. The molecular formula is C36H42N4O2. The molecule has 0 bridgehead atoms. The van der Waals surface area contributed by atoms with Gasteiger partial charge in [0.25, 0.3) is 0 Å². The highest BCUT2D eigenvalue weighted by atomic mass is 16.5. The van der Waals surface area contributed by atoms with Gasteiger partial charge in [-0.25, -0.2) is 4.98 Å². The Kier molecular flexibility index (Phi) is 8.71. The number of nitrogens with zero attached hydrogens (tertiary/aromatic N) is 4. The van der Waals surface area contributed by atoms with Crippen molar-refractivity contribution in [1.82, 2.24) is 19.4 Å². The summed E-state index contributed by atoms with van der Waals surface area (Å²) in [6.45, 7) is 9.32. The van der Waals surface area contributed by atoms with E-state index in [9.17, 15) is 0 Å². The van der Waals surface area contributed by atoms with Gasteiger partial charge in [-0.3, -0.25) is 9.88 Å². The molecule has 0 radical (unpaired) electrons. The van der Waals surface area contributed by atoms with E-state index in [2.05, 4.69) is 77.7 Å². The first-order valence-corrected chi connectivity index (χ1v) is 15.7. The molecule has 1 saturated heterocycles. The highest BCUT2D eigenvalue weighted by Gasteiger charge is 2.32. The van der Waals surface area contributed by atoms with Crippen LogP contribution in [0.2, 0.25) is 0 Å². The van der Waals surface area contributed by atoms with Crippen LogP contribution in [0.15, 0.2) is 90.6 Å². The van der Waals surface area contributed by atoms with Gasteiger partial charge in [0, 0.05) is 36.6 Å². The molecule has 2 aromatic heterocycles. The summed E-state index contributed by atoms with van der Waals surface area (Å²) in [6, 6.07) is 11.0. The Morgan fingerprint density at radius 3 is 2.57 bits per heavy atom. The van der Waals surface area contributed by atoms with Crippen LogP contribution in [0.25, 0.3) is 22.6 Å². The van der Waals surface area contributed by atoms with Gasteiger partial charge in [0.15, 0.2) is 11.5 Å². The number of piperidine rings is 1. The molecule has 1 aromatic carbocycles. The Hall–Kier alpha value is -3.90. The van der Waals surface area contributed by atoms with E-state index in [0.29, 0.717) is 0 Å². The molecule has 218 valence electrons. The highest BCUT2D eigenvalue weighted by molar-refractivity contribution is 5.72. The van der Waals surface area contributed by atoms with Crippen LogP contribution < -0.4 is 0 Å². The van der Waals surface area contributed by atoms with Crippen molar-refractivity contribution in [1.29, 1.82) is 0 Å². The van der Waals surface area contributed by atoms with Crippen LogP contribution in [0.4, 0.5) is 0 Å². The molecule has 3 aromatic rings. The molecule has 6 nitrogen and oxygen atoms in total. The number of rotatable bonds is 9. The average molecular weight is 563 g/mol. The maximum Gasteiger partial charge on any atom is 0.165 e. The van der Waals surface area contributed by atoms with Gasteiger partial charge >= 0.3 is 0 Å². The fraction of sp³-hybridized carbons (Fsp3) is 0.389. The fourth-order valence-corrected chi connectivity index (χ4v) is 6.57. The summed E-state index contributed by atoms with van der Waals surface area (Å²) in [5.74, 6) is 2.80. The molecule has 6 rings (SSSR count). The molecule has 1 fully saturated rings. The largest absolute Gasteiger partial charge is 0.465 e. The minimum absolute atomic E-state index is 0.140. The minimum Gasteiger partial charge on any atom is -0.465 e. The van der Waals surface area contributed by atoms with E-state index in [1.807, 2.05) is 18.5 Å². The van der Waals surface area contributed by atoms with Gasteiger partial charge in [-0.05, 0) is 80.8 Å². The van der Waals surface area contributed by atoms with Crippen LogP contribution in [0.5, 0.6) is 0 Å². The Morgan fingerprint density at radius 2 is 1.86 bits per heavy atom. The lowest BCUT2D eigenvalue weighted by molar-refractivity contribution is 0.0974. The van der Waals surface area contributed by atoms with E-state index in [1.54, 1.807) is 12.5 Å². The Bertz CT molecular complexity index is 1510. The van der Waals surface area contributed by atoms with Crippen molar-refractivity contribution in [3.63, 3.8) is 0 Å². The van der Waals surface area contributed by atoms with Crippen LogP contribution >= 0.6 is 0 Å². The number of pyridine rings is 1. The third kappa shape index (κ3) is 5.60. The molecule has 0 N–H and O–H groups in total. The Morgan fingerprint density at radius 1 is 1.00 bits per heavy atom. The molecular weight excluding hydrogens is 520 g/mol. The standard InChI is InChI=1S/C36H42N4O2/c1-4-26-16-12-17-27(5-2)34(26)36-38-35(29-18-13-20-37-22-29)31(40(36)6-3)23-39-21-11-10-19-30(39)33-25-41-24-32(42-33)28-14-8-7-9-15-28/h7-8,12-14,16-18,20,22,24-25,30H,4-6,9-11,15,19,21,23H2,1-3H3. The van der Waals surface area contributed by atoms with Crippen molar-refractivity contribution in [3.05, 3.63) is 107 Å². The zero-order valence-corrected chi connectivity index (χ0v) is 25.2. The van der Waals surface area contributed by atoms with E-state index in [-0.39, 0.29) is 6.04 Å². The maximum absolute atomic E-state index is 6.56. The molecule has 42 heavy (non-hydrogen) atoms. The predicted octanol–water partition coefficient (Wildman–Crippen LogP) is 8.12. The second-order valence-electron chi connectivity index (χ2n) is 11.3. The van der Waals surface area contributed by atoms with Crippen molar-refractivity contribution >= 4 is 0 Å². The van der Waals surface area contributed by atoms with Gasteiger partial charge in [-0.2, -0.15) is 0 Å². The molecule has 3 aliphatic rings. The molecule has 1 atom stereocenters. The fourth-order valence-electron chi connectivity index (χ4n) is 6.57. The number of benzene rings is 1. The monoisotopic (exact) mass is 562 g/mol. The summed E-state index contributed by atoms with van der Waals surface area (Å²) < 4.78 is 14.9. The van der Waals surface area contributed by atoms with E-state index in [4.69, 9.17) is 14.5 Å². The molecule has 1 aliphatic carbocycles. The highest BCUT2D eigenvalue weighted by Crippen LogP contribution is 2.37. The number of likely N-dealkylation sites (tertiary alicyclic amines) is 1. The van der Waals surface area contributed by atoms with Crippen LogP contribution in [0, 0.1) is 0 Å². The summed E-state index contributed by atoms with van der Waals surface area (Å²) in [4.78, 5) is 12.5. The third-order valence-electron chi connectivity index (χ3n) is 8.76. The summed E-state index contributed by atoms with van der Waals surface area (Å²) >= 11 is 0. The summed E-state index contributed by atoms with van der Waals surface area (Å²) in [5, 5.41) is 0. The van der Waals surface area contributed by atoms with Crippen molar-refractivity contribution in [2.24, 2.45) is 0 Å². The summed E-state index contributed by atoms with van der Waals surface area (Å²) in [7, 11) is 0. The zero-order valence-electron chi connectivity index (χ0n) is 25.2. The molecule has 2 aliphatic heterocycles. The number of imidazole rings is 1. The van der Waals surface area contributed by atoms with Crippen molar-refractivity contribution in [2.75, 3.05) is 6.54 Å².